The first-order valence-corrected chi connectivity index (χ1v) is 7.06. The third-order valence-electron chi connectivity index (χ3n) is 3.10. The van der Waals surface area contributed by atoms with Gasteiger partial charge in [-0.25, -0.2) is 5.43 Å². The van der Waals surface area contributed by atoms with Crippen molar-refractivity contribution in [3.8, 4) is 0 Å². The maximum Gasteiger partial charge on any atom is 0.274 e. The quantitative estimate of drug-likeness (QED) is 0.556. The normalized spacial score (nSPS) is 11.0. The van der Waals surface area contributed by atoms with E-state index in [0.29, 0.717) is 17.9 Å². The zero-order valence-corrected chi connectivity index (χ0v) is 12.5. The Hall–Kier alpha value is -3.22. The number of furan rings is 1. The molecule has 0 aliphatic heterocycles. The number of nitrogens with one attached hydrogen (secondary N) is 2. The first kappa shape index (κ1) is 14.7. The lowest BCUT2D eigenvalue weighted by atomic mass is 10.1. The Morgan fingerprint density at radius 1 is 1.22 bits per heavy atom. The molecule has 0 spiro atoms. The minimum absolute atomic E-state index is 0.173. The van der Waals surface area contributed by atoms with Crippen LogP contribution in [-0.4, -0.2) is 21.4 Å². The van der Waals surface area contributed by atoms with Crippen LogP contribution in [0.3, 0.4) is 0 Å². The number of rotatable bonds is 5. The second-order valence-electron chi connectivity index (χ2n) is 4.93. The maximum atomic E-state index is 12.0. The van der Waals surface area contributed by atoms with Crippen LogP contribution in [-0.2, 0) is 6.42 Å². The number of benzene rings is 1. The highest BCUT2D eigenvalue weighted by Crippen LogP contribution is 2.04. The monoisotopic (exact) mass is 309 g/mol. The minimum atomic E-state index is -0.296. The fourth-order valence-corrected chi connectivity index (χ4v) is 2.00. The number of hydrogen-bond donors (Lipinski definition) is 2. The first-order chi connectivity index (χ1) is 11.2. The number of anilines is 1. The van der Waals surface area contributed by atoms with Gasteiger partial charge in [-0.1, -0.05) is 30.3 Å². The molecule has 2 N–H and O–H groups in total. The molecule has 0 fully saturated rings. The highest BCUT2D eigenvalue weighted by molar-refractivity contribution is 5.76. The van der Waals surface area contributed by atoms with Gasteiger partial charge < -0.3 is 4.42 Å². The van der Waals surface area contributed by atoms with Crippen LogP contribution in [0.5, 0.6) is 0 Å². The molecule has 0 amide bonds. The van der Waals surface area contributed by atoms with Gasteiger partial charge in [-0.2, -0.15) is 5.10 Å². The molecule has 7 nitrogen and oxygen atoms in total. The van der Waals surface area contributed by atoms with Crippen molar-refractivity contribution in [3.05, 3.63) is 75.6 Å². The molecule has 23 heavy (non-hydrogen) atoms. The van der Waals surface area contributed by atoms with Gasteiger partial charge in [0.2, 0.25) is 5.95 Å². The molecule has 2 heterocycles. The van der Waals surface area contributed by atoms with Crippen LogP contribution in [0.1, 0.15) is 22.8 Å². The molecule has 0 saturated carbocycles. The van der Waals surface area contributed by atoms with Gasteiger partial charge in [-0.05, 0) is 24.6 Å². The number of hydrazone groups is 1. The lowest BCUT2D eigenvalue weighted by Gasteiger charge is -2.01. The minimum Gasteiger partial charge on any atom is -0.460 e. The van der Waals surface area contributed by atoms with E-state index in [9.17, 15) is 4.79 Å². The summed E-state index contributed by atoms with van der Waals surface area (Å²) in [4.78, 5) is 14.6. The van der Waals surface area contributed by atoms with Crippen molar-refractivity contribution in [2.75, 3.05) is 5.43 Å². The van der Waals surface area contributed by atoms with Gasteiger partial charge in [-0.15, -0.1) is 10.2 Å². The Labute approximate surface area is 132 Å². The third kappa shape index (κ3) is 3.91. The lowest BCUT2D eigenvalue weighted by molar-refractivity contribution is 0.528. The zero-order valence-electron chi connectivity index (χ0n) is 12.5. The van der Waals surface area contributed by atoms with E-state index in [0.717, 1.165) is 11.3 Å². The van der Waals surface area contributed by atoms with Crippen molar-refractivity contribution in [1.29, 1.82) is 0 Å². The molecule has 3 aromatic rings. The van der Waals surface area contributed by atoms with Crippen molar-refractivity contribution in [1.82, 2.24) is 15.2 Å². The van der Waals surface area contributed by atoms with Gasteiger partial charge in [0, 0.05) is 6.42 Å². The third-order valence-corrected chi connectivity index (χ3v) is 3.10. The fourth-order valence-electron chi connectivity index (χ4n) is 2.00. The second kappa shape index (κ2) is 6.69. The van der Waals surface area contributed by atoms with Gasteiger partial charge in [0.05, 0.1) is 6.21 Å². The lowest BCUT2D eigenvalue weighted by Crippen LogP contribution is -2.18. The van der Waals surface area contributed by atoms with Crippen molar-refractivity contribution in [2.45, 2.75) is 13.3 Å². The largest absolute Gasteiger partial charge is 0.460 e. The molecule has 0 saturated heterocycles. The predicted octanol–water partition coefficient (Wildman–Crippen LogP) is 2.10. The summed E-state index contributed by atoms with van der Waals surface area (Å²) in [6.07, 6.45) is 1.92. The Morgan fingerprint density at radius 2 is 2.04 bits per heavy atom. The predicted molar refractivity (Wildman–Crippen MR) is 86.6 cm³/mol. The number of hydrogen-bond acceptors (Lipinski definition) is 6. The molecule has 0 aliphatic rings. The van der Waals surface area contributed by atoms with E-state index in [-0.39, 0.29) is 11.5 Å². The Bertz CT molecular complexity index is 867. The van der Waals surface area contributed by atoms with Crippen LogP contribution >= 0.6 is 0 Å². The number of aromatic amines is 1. The number of aryl methyl sites for hydroxylation is 1. The molecule has 2 aromatic heterocycles. The molecule has 0 aliphatic carbocycles. The summed E-state index contributed by atoms with van der Waals surface area (Å²) in [7, 11) is 0. The van der Waals surface area contributed by atoms with E-state index in [2.05, 4.69) is 25.7 Å². The van der Waals surface area contributed by atoms with Crippen LogP contribution in [0.2, 0.25) is 0 Å². The SMILES string of the molecule is Cc1ccc(C=NNc2nnc(Cc3ccccc3)c(=O)[nH]2)o1. The van der Waals surface area contributed by atoms with E-state index in [4.69, 9.17) is 4.42 Å². The smallest absolute Gasteiger partial charge is 0.274 e. The van der Waals surface area contributed by atoms with E-state index < -0.39 is 0 Å². The molecule has 1 aromatic carbocycles. The van der Waals surface area contributed by atoms with E-state index in [1.54, 1.807) is 6.07 Å². The molecule has 0 radical (unpaired) electrons. The van der Waals surface area contributed by atoms with Crippen molar-refractivity contribution in [3.63, 3.8) is 0 Å². The van der Waals surface area contributed by atoms with E-state index >= 15 is 0 Å². The summed E-state index contributed by atoms with van der Waals surface area (Å²) in [6.45, 7) is 1.85. The summed E-state index contributed by atoms with van der Waals surface area (Å²) in [6, 6.07) is 13.2. The van der Waals surface area contributed by atoms with Crippen LogP contribution in [0.15, 0.2) is 56.8 Å². The maximum absolute atomic E-state index is 12.0. The Kier molecular flexibility index (Phi) is 4.28. The standard InChI is InChI=1S/C16H15N5O2/c1-11-7-8-13(23-11)10-17-20-16-18-15(22)14(19-21-16)9-12-5-3-2-4-6-12/h2-8,10H,9H2,1H3,(H2,18,20,21,22). The van der Waals surface area contributed by atoms with Crippen molar-refractivity contribution in [2.24, 2.45) is 5.10 Å². The average Bonchev–Trinajstić information content (AvgIpc) is 2.96. The van der Waals surface area contributed by atoms with Crippen molar-refractivity contribution < 1.29 is 4.42 Å². The number of H-pyrrole nitrogens is 1. The van der Waals surface area contributed by atoms with Crippen LogP contribution in [0, 0.1) is 6.92 Å². The number of aromatic nitrogens is 3. The van der Waals surface area contributed by atoms with E-state index in [1.807, 2.05) is 43.3 Å². The molecule has 0 atom stereocenters. The summed E-state index contributed by atoms with van der Waals surface area (Å²) in [5.74, 6) is 1.57. The summed E-state index contributed by atoms with van der Waals surface area (Å²) in [5.41, 5.74) is 3.67. The molecule has 116 valence electrons. The summed E-state index contributed by atoms with van der Waals surface area (Å²) >= 11 is 0. The highest BCUT2D eigenvalue weighted by Gasteiger charge is 2.05. The average molecular weight is 309 g/mol. The highest BCUT2D eigenvalue weighted by atomic mass is 16.3. The summed E-state index contributed by atoms with van der Waals surface area (Å²) < 4.78 is 5.33. The Morgan fingerprint density at radius 3 is 2.74 bits per heavy atom. The van der Waals surface area contributed by atoms with E-state index in [1.165, 1.54) is 6.21 Å². The fraction of sp³-hybridized carbons (Fsp3) is 0.125. The molecular weight excluding hydrogens is 294 g/mol. The number of nitrogens with zero attached hydrogens (tertiary/aromatic N) is 3. The molecule has 0 bridgehead atoms. The molecule has 0 unspecified atom stereocenters. The van der Waals surface area contributed by atoms with Gasteiger partial charge in [-0.3, -0.25) is 9.78 Å². The van der Waals surface area contributed by atoms with Gasteiger partial charge in [0.1, 0.15) is 17.2 Å². The van der Waals surface area contributed by atoms with Gasteiger partial charge in [0.25, 0.3) is 5.56 Å². The van der Waals surface area contributed by atoms with Gasteiger partial charge in [0.15, 0.2) is 0 Å². The Balaban J connectivity index is 1.67. The van der Waals surface area contributed by atoms with Crippen LogP contribution < -0.4 is 11.0 Å². The zero-order chi connectivity index (χ0) is 16.1. The molecule has 3 rings (SSSR count). The second-order valence-corrected chi connectivity index (χ2v) is 4.93. The van der Waals surface area contributed by atoms with Crippen LogP contribution in [0.25, 0.3) is 0 Å². The molecule has 7 heteroatoms. The van der Waals surface area contributed by atoms with Crippen molar-refractivity contribution >= 4 is 12.2 Å². The van der Waals surface area contributed by atoms with Gasteiger partial charge >= 0.3 is 0 Å². The molecular formula is C16H15N5O2. The van der Waals surface area contributed by atoms with Crippen LogP contribution in [0.4, 0.5) is 5.95 Å². The summed E-state index contributed by atoms with van der Waals surface area (Å²) in [5, 5.41) is 11.8. The topological polar surface area (TPSA) is 96.2 Å². The first-order valence-electron chi connectivity index (χ1n) is 7.06.